The Kier molecular flexibility index (Phi) is 8.91. The maximum Gasteiger partial charge on any atom is 0.461 e. The molecule has 2 amide bonds. The van der Waals surface area contributed by atoms with Crippen LogP contribution in [0.3, 0.4) is 0 Å². The predicted molar refractivity (Wildman–Crippen MR) is 125 cm³/mol. The second-order valence-corrected chi connectivity index (χ2v) is 8.63. The molecule has 39 heavy (non-hydrogen) atoms. The Bertz CT molecular complexity index is 1340. The molecule has 0 aliphatic carbocycles. The monoisotopic (exact) mass is 574 g/mol. The van der Waals surface area contributed by atoms with Crippen LogP contribution in [0.2, 0.25) is 5.02 Å². The number of benzene rings is 2. The van der Waals surface area contributed by atoms with Crippen LogP contribution in [-0.4, -0.2) is 36.0 Å². The van der Waals surface area contributed by atoms with E-state index in [2.05, 4.69) is 15.0 Å². The van der Waals surface area contributed by atoms with Gasteiger partial charge in [-0.25, -0.2) is 9.18 Å². The standard InChI is InChI=1S/C25H18ClF7N4O2/c26-17-6-7-20(35-12-17)24(11-15-4-2-1-3-5-15,37-22(38)36-14-23(30,31)13-34)16-8-18(27)10-19(9-16)39-25(32,33)21(28)29/h1-10,12,21H,11,14H2,(H2,36,37,38)/t24-/m0/s1. The van der Waals surface area contributed by atoms with Gasteiger partial charge in [0, 0.05) is 18.7 Å². The van der Waals surface area contributed by atoms with Gasteiger partial charge in [-0.05, 0) is 35.4 Å². The summed E-state index contributed by atoms with van der Waals surface area (Å²) < 4.78 is 98.6. The average molecular weight is 575 g/mol. The van der Waals surface area contributed by atoms with Gasteiger partial charge in [-0.1, -0.05) is 41.9 Å². The number of nitrogens with one attached hydrogen (secondary N) is 2. The summed E-state index contributed by atoms with van der Waals surface area (Å²) in [5.74, 6) is -6.16. The number of hydrogen-bond donors (Lipinski definition) is 2. The molecule has 0 radical (unpaired) electrons. The number of halogens is 8. The third kappa shape index (κ3) is 7.51. The highest BCUT2D eigenvalue weighted by atomic mass is 35.5. The summed E-state index contributed by atoms with van der Waals surface area (Å²) in [5, 5.41) is 12.9. The Morgan fingerprint density at radius 1 is 1.08 bits per heavy atom. The van der Waals surface area contributed by atoms with Gasteiger partial charge in [-0.2, -0.15) is 31.6 Å². The predicted octanol–water partition coefficient (Wildman–Crippen LogP) is 6.06. The minimum atomic E-state index is -4.99. The van der Waals surface area contributed by atoms with Crippen molar-refractivity contribution in [3.8, 4) is 11.8 Å². The molecule has 0 spiro atoms. The Morgan fingerprint density at radius 3 is 2.36 bits per heavy atom. The molecule has 1 atom stereocenters. The van der Waals surface area contributed by atoms with Crippen molar-refractivity contribution in [1.82, 2.24) is 15.6 Å². The zero-order valence-corrected chi connectivity index (χ0v) is 20.3. The van der Waals surface area contributed by atoms with E-state index >= 15 is 0 Å². The van der Waals surface area contributed by atoms with Gasteiger partial charge in [0.1, 0.15) is 23.2 Å². The number of pyridine rings is 1. The van der Waals surface area contributed by atoms with Crippen molar-refractivity contribution in [1.29, 1.82) is 5.26 Å². The van der Waals surface area contributed by atoms with Crippen molar-refractivity contribution in [3.63, 3.8) is 0 Å². The number of carbonyl (C=O) groups is 1. The van der Waals surface area contributed by atoms with Gasteiger partial charge < -0.3 is 15.4 Å². The second kappa shape index (κ2) is 11.8. The zero-order chi connectivity index (χ0) is 28.8. The van der Waals surface area contributed by atoms with Crippen LogP contribution in [-0.2, 0) is 12.0 Å². The van der Waals surface area contributed by atoms with Crippen LogP contribution in [0.5, 0.6) is 5.75 Å². The van der Waals surface area contributed by atoms with Crippen molar-refractivity contribution in [3.05, 3.63) is 94.5 Å². The zero-order valence-electron chi connectivity index (χ0n) is 19.6. The lowest BCUT2D eigenvalue weighted by Gasteiger charge is -2.36. The van der Waals surface area contributed by atoms with Crippen LogP contribution in [0.1, 0.15) is 16.8 Å². The maximum atomic E-state index is 14.7. The number of nitrogens with zero attached hydrogens (tertiary/aromatic N) is 2. The minimum absolute atomic E-state index is 0.0601. The molecule has 6 nitrogen and oxygen atoms in total. The molecule has 1 aromatic heterocycles. The highest BCUT2D eigenvalue weighted by Gasteiger charge is 2.45. The first kappa shape index (κ1) is 29.5. The highest BCUT2D eigenvalue weighted by molar-refractivity contribution is 6.30. The molecule has 0 saturated heterocycles. The van der Waals surface area contributed by atoms with E-state index in [1.807, 2.05) is 5.32 Å². The SMILES string of the molecule is N#CC(F)(F)CNC(=O)N[C@@](Cc1ccccc1)(c1cc(F)cc(OC(F)(F)C(F)F)c1)c1ccc(Cl)cn1. The van der Waals surface area contributed by atoms with Gasteiger partial charge in [0.25, 0.3) is 0 Å². The van der Waals surface area contributed by atoms with Crippen molar-refractivity contribution in [2.24, 2.45) is 0 Å². The number of nitriles is 1. The van der Waals surface area contributed by atoms with E-state index in [1.54, 1.807) is 30.3 Å². The quantitative estimate of drug-likeness (QED) is 0.288. The Labute approximate surface area is 222 Å². The number of amides is 2. The molecule has 206 valence electrons. The Balaban J connectivity index is 2.21. The fourth-order valence-electron chi connectivity index (χ4n) is 3.59. The number of carbonyl (C=O) groups excluding carboxylic acids is 1. The lowest BCUT2D eigenvalue weighted by molar-refractivity contribution is -0.253. The molecule has 3 rings (SSSR count). The van der Waals surface area contributed by atoms with Crippen LogP contribution in [0.15, 0.2) is 66.9 Å². The van der Waals surface area contributed by atoms with Crippen LogP contribution in [0, 0.1) is 17.1 Å². The summed E-state index contributed by atoms with van der Waals surface area (Å²) in [6.07, 6.45) is -8.35. The fraction of sp³-hybridized carbons (Fsp3) is 0.240. The van der Waals surface area contributed by atoms with Gasteiger partial charge in [0.05, 0.1) is 17.3 Å². The third-order valence-electron chi connectivity index (χ3n) is 5.31. The van der Waals surface area contributed by atoms with Crippen LogP contribution in [0.25, 0.3) is 0 Å². The van der Waals surface area contributed by atoms with E-state index in [1.165, 1.54) is 12.1 Å². The fourth-order valence-corrected chi connectivity index (χ4v) is 3.70. The molecule has 0 bridgehead atoms. The average Bonchev–Trinajstić information content (AvgIpc) is 2.87. The summed E-state index contributed by atoms with van der Waals surface area (Å²) in [4.78, 5) is 17.0. The number of ether oxygens (including phenoxy) is 1. The van der Waals surface area contributed by atoms with Crippen molar-refractivity contribution >= 4 is 17.6 Å². The molecule has 2 aromatic carbocycles. The van der Waals surface area contributed by atoms with E-state index < -0.39 is 48.1 Å². The van der Waals surface area contributed by atoms with Crippen molar-refractivity contribution in [2.45, 2.75) is 30.4 Å². The molecule has 14 heteroatoms. The van der Waals surface area contributed by atoms with Gasteiger partial charge in [0.2, 0.25) is 0 Å². The molecule has 0 aliphatic heterocycles. The topological polar surface area (TPSA) is 87.0 Å². The molecular weight excluding hydrogens is 557 g/mol. The normalized spacial score (nSPS) is 13.3. The smallest absolute Gasteiger partial charge is 0.428 e. The molecule has 0 saturated carbocycles. The summed E-state index contributed by atoms with van der Waals surface area (Å²) in [6.45, 7) is -1.40. The molecule has 0 unspecified atom stereocenters. The number of aromatic nitrogens is 1. The summed E-state index contributed by atoms with van der Waals surface area (Å²) in [6, 6.07) is 12.2. The summed E-state index contributed by atoms with van der Waals surface area (Å²) in [5.41, 5.74) is -1.89. The van der Waals surface area contributed by atoms with E-state index in [-0.39, 0.29) is 22.7 Å². The van der Waals surface area contributed by atoms with Gasteiger partial charge >= 0.3 is 24.5 Å². The molecule has 2 N–H and O–H groups in total. The number of rotatable bonds is 10. The highest BCUT2D eigenvalue weighted by Crippen LogP contribution is 2.37. The lowest BCUT2D eigenvalue weighted by Crippen LogP contribution is -2.54. The molecule has 1 heterocycles. The maximum absolute atomic E-state index is 14.7. The third-order valence-corrected chi connectivity index (χ3v) is 5.53. The van der Waals surface area contributed by atoms with Gasteiger partial charge in [-0.15, -0.1) is 0 Å². The first-order chi connectivity index (χ1) is 18.3. The van der Waals surface area contributed by atoms with Crippen molar-refractivity contribution in [2.75, 3.05) is 6.54 Å². The van der Waals surface area contributed by atoms with E-state index in [0.717, 1.165) is 18.3 Å². The minimum Gasteiger partial charge on any atom is -0.428 e. The first-order valence-electron chi connectivity index (χ1n) is 10.9. The van der Waals surface area contributed by atoms with Crippen molar-refractivity contribution < 1.29 is 40.3 Å². The molecule has 0 aliphatic rings. The summed E-state index contributed by atoms with van der Waals surface area (Å²) >= 11 is 5.93. The second-order valence-electron chi connectivity index (χ2n) is 8.19. The van der Waals surface area contributed by atoms with E-state index in [4.69, 9.17) is 16.9 Å². The number of alkyl halides is 6. The lowest BCUT2D eigenvalue weighted by atomic mass is 9.80. The summed E-state index contributed by atoms with van der Waals surface area (Å²) in [7, 11) is 0. The Morgan fingerprint density at radius 2 is 1.77 bits per heavy atom. The van der Waals surface area contributed by atoms with Crippen LogP contribution in [0.4, 0.5) is 35.5 Å². The largest absolute Gasteiger partial charge is 0.461 e. The number of urea groups is 1. The Hall–Kier alpha value is -4.05. The van der Waals surface area contributed by atoms with Gasteiger partial charge in [-0.3, -0.25) is 4.98 Å². The number of hydrogen-bond acceptors (Lipinski definition) is 4. The first-order valence-corrected chi connectivity index (χ1v) is 11.3. The van der Waals surface area contributed by atoms with E-state index in [9.17, 15) is 35.5 Å². The molecule has 3 aromatic rings. The molecule has 0 fully saturated rings. The van der Waals surface area contributed by atoms with E-state index in [0.29, 0.717) is 17.7 Å². The van der Waals surface area contributed by atoms with Gasteiger partial charge in [0.15, 0.2) is 0 Å². The van der Waals surface area contributed by atoms with Crippen LogP contribution >= 0.6 is 11.6 Å². The molecular formula is C25H18ClF7N4O2. The van der Waals surface area contributed by atoms with Crippen LogP contribution < -0.4 is 15.4 Å².